The van der Waals surface area contributed by atoms with Crippen LogP contribution in [0.15, 0.2) is 18.2 Å². The first kappa shape index (κ1) is 13.8. The molecule has 3 nitrogen and oxygen atoms in total. The lowest BCUT2D eigenvalue weighted by Gasteiger charge is -2.12. The molecule has 0 aliphatic carbocycles. The van der Waals surface area contributed by atoms with Gasteiger partial charge in [0.1, 0.15) is 0 Å². The summed E-state index contributed by atoms with van der Waals surface area (Å²) in [5.41, 5.74) is 1.02. The highest BCUT2D eigenvalue weighted by atomic mass is 35.5. The number of rotatable bonds is 6. The summed E-state index contributed by atoms with van der Waals surface area (Å²) in [6, 6.07) is 5.63. The van der Waals surface area contributed by atoms with E-state index < -0.39 is 0 Å². The molecule has 0 aliphatic rings. The van der Waals surface area contributed by atoms with Crippen LogP contribution in [-0.4, -0.2) is 19.5 Å². The Bertz CT molecular complexity index is 390. The van der Waals surface area contributed by atoms with Gasteiger partial charge in [0, 0.05) is 5.92 Å². The van der Waals surface area contributed by atoms with E-state index in [0.29, 0.717) is 17.9 Å². The number of methoxy groups -OCH3 is 2. The van der Waals surface area contributed by atoms with Gasteiger partial charge in [0.2, 0.25) is 5.24 Å². The predicted molar refractivity (Wildman–Crippen MR) is 67.9 cm³/mol. The molecule has 1 aromatic carbocycles. The standard InChI is InChI=1S/C13H17ClO3/c1-4-10(13(14)15)7-9-5-6-11(16-2)12(8-9)17-3/h5-6,8,10H,4,7H2,1-3H3. The summed E-state index contributed by atoms with van der Waals surface area (Å²) in [6.45, 7) is 1.95. The van der Waals surface area contributed by atoms with Crippen LogP contribution >= 0.6 is 11.6 Å². The zero-order valence-electron chi connectivity index (χ0n) is 10.3. The Morgan fingerprint density at radius 1 is 1.29 bits per heavy atom. The number of benzene rings is 1. The maximum absolute atomic E-state index is 11.2. The number of halogens is 1. The number of carbonyl (C=O) groups excluding carboxylic acids is 1. The first-order valence-corrected chi connectivity index (χ1v) is 5.90. The van der Waals surface area contributed by atoms with Gasteiger partial charge in [0.15, 0.2) is 11.5 Å². The van der Waals surface area contributed by atoms with Crippen molar-refractivity contribution in [2.24, 2.45) is 5.92 Å². The summed E-state index contributed by atoms with van der Waals surface area (Å²) in [7, 11) is 3.18. The Hall–Kier alpha value is -1.22. The van der Waals surface area contributed by atoms with E-state index >= 15 is 0 Å². The molecule has 0 N–H and O–H groups in total. The third-order valence-electron chi connectivity index (χ3n) is 2.74. The van der Waals surface area contributed by atoms with Crippen LogP contribution in [0.5, 0.6) is 11.5 Å². The van der Waals surface area contributed by atoms with Gasteiger partial charge in [-0.25, -0.2) is 0 Å². The maximum atomic E-state index is 11.2. The van der Waals surface area contributed by atoms with Gasteiger partial charge < -0.3 is 9.47 Å². The molecule has 0 bridgehead atoms. The molecule has 0 spiro atoms. The van der Waals surface area contributed by atoms with Gasteiger partial charge in [-0.1, -0.05) is 13.0 Å². The highest BCUT2D eigenvalue weighted by molar-refractivity contribution is 6.64. The fourth-order valence-corrected chi connectivity index (χ4v) is 1.91. The molecule has 1 aromatic rings. The van der Waals surface area contributed by atoms with Gasteiger partial charge in [-0.15, -0.1) is 0 Å². The summed E-state index contributed by atoms with van der Waals surface area (Å²) in [4.78, 5) is 11.2. The van der Waals surface area contributed by atoms with Crippen LogP contribution in [0.4, 0.5) is 0 Å². The summed E-state index contributed by atoms with van der Waals surface area (Å²) in [5.74, 6) is 1.21. The van der Waals surface area contributed by atoms with Crippen molar-refractivity contribution in [3.63, 3.8) is 0 Å². The second kappa shape index (κ2) is 6.50. The van der Waals surface area contributed by atoms with Crippen molar-refractivity contribution in [2.45, 2.75) is 19.8 Å². The molecule has 1 atom stereocenters. The molecule has 0 saturated heterocycles. The van der Waals surface area contributed by atoms with Crippen LogP contribution in [0.25, 0.3) is 0 Å². The lowest BCUT2D eigenvalue weighted by Crippen LogP contribution is -2.10. The highest BCUT2D eigenvalue weighted by Gasteiger charge is 2.15. The van der Waals surface area contributed by atoms with E-state index in [2.05, 4.69) is 0 Å². The molecule has 0 aliphatic heterocycles. The molecule has 1 unspecified atom stereocenters. The Kier molecular flexibility index (Phi) is 5.29. The van der Waals surface area contributed by atoms with Gasteiger partial charge >= 0.3 is 0 Å². The minimum absolute atomic E-state index is 0.144. The SMILES string of the molecule is CCC(Cc1ccc(OC)c(OC)c1)C(=O)Cl. The summed E-state index contributed by atoms with van der Waals surface area (Å²) in [5, 5.41) is -0.290. The Morgan fingerprint density at radius 3 is 2.41 bits per heavy atom. The van der Waals surface area contributed by atoms with Crippen LogP contribution in [0.3, 0.4) is 0 Å². The van der Waals surface area contributed by atoms with Gasteiger partial charge in [0.05, 0.1) is 14.2 Å². The molecule has 0 radical (unpaired) electrons. The average Bonchev–Trinajstić information content (AvgIpc) is 2.35. The van der Waals surface area contributed by atoms with Gasteiger partial charge in [0.25, 0.3) is 0 Å². The van der Waals surface area contributed by atoms with E-state index in [1.165, 1.54) is 0 Å². The zero-order chi connectivity index (χ0) is 12.8. The lowest BCUT2D eigenvalue weighted by atomic mass is 9.98. The van der Waals surface area contributed by atoms with Crippen molar-refractivity contribution in [3.05, 3.63) is 23.8 Å². The fraction of sp³-hybridized carbons (Fsp3) is 0.462. The van der Waals surface area contributed by atoms with Crippen LogP contribution in [0.1, 0.15) is 18.9 Å². The lowest BCUT2D eigenvalue weighted by molar-refractivity contribution is -0.115. The Balaban J connectivity index is 2.88. The van der Waals surface area contributed by atoms with E-state index in [-0.39, 0.29) is 11.2 Å². The van der Waals surface area contributed by atoms with Crippen molar-refractivity contribution in [3.8, 4) is 11.5 Å². The smallest absolute Gasteiger partial charge is 0.225 e. The van der Waals surface area contributed by atoms with Crippen molar-refractivity contribution < 1.29 is 14.3 Å². The number of carbonyl (C=O) groups is 1. The molecule has 4 heteroatoms. The molecule has 0 aromatic heterocycles. The second-order valence-corrected chi connectivity index (χ2v) is 4.18. The first-order valence-electron chi connectivity index (χ1n) is 5.52. The zero-order valence-corrected chi connectivity index (χ0v) is 11.1. The maximum Gasteiger partial charge on any atom is 0.225 e. The molecular formula is C13H17ClO3. The summed E-state index contributed by atoms with van der Waals surface area (Å²) >= 11 is 5.53. The van der Waals surface area contributed by atoms with E-state index in [1.54, 1.807) is 14.2 Å². The Morgan fingerprint density at radius 2 is 1.94 bits per heavy atom. The minimum atomic E-state index is -0.290. The van der Waals surface area contributed by atoms with E-state index in [9.17, 15) is 4.79 Å². The molecule has 0 fully saturated rings. The minimum Gasteiger partial charge on any atom is -0.493 e. The van der Waals surface area contributed by atoms with Crippen molar-refractivity contribution >= 4 is 16.8 Å². The van der Waals surface area contributed by atoms with Gasteiger partial charge in [-0.05, 0) is 42.1 Å². The highest BCUT2D eigenvalue weighted by Crippen LogP contribution is 2.29. The second-order valence-electron chi connectivity index (χ2n) is 3.80. The van der Waals surface area contributed by atoms with Gasteiger partial charge in [-0.2, -0.15) is 0 Å². The molecule has 0 heterocycles. The monoisotopic (exact) mass is 256 g/mol. The van der Waals surface area contributed by atoms with Crippen molar-refractivity contribution in [1.29, 1.82) is 0 Å². The number of hydrogen-bond donors (Lipinski definition) is 0. The quantitative estimate of drug-likeness (QED) is 0.734. The number of ether oxygens (including phenoxy) is 2. The van der Waals surface area contributed by atoms with E-state index in [0.717, 1.165) is 12.0 Å². The molecular weight excluding hydrogens is 240 g/mol. The molecule has 1 rings (SSSR count). The van der Waals surface area contributed by atoms with Gasteiger partial charge in [-0.3, -0.25) is 4.79 Å². The normalized spacial score (nSPS) is 12.0. The third kappa shape index (κ3) is 3.63. The summed E-state index contributed by atoms with van der Waals surface area (Å²) in [6.07, 6.45) is 1.36. The van der Waals surface area contributed by atoms with Crippen LogP contribution in [0, 0.1) is 5.92 Å². The topological polar surface area (TPSA) is 35.5 Å². The first-order chi connectivity index (χ1) is 8.12. The average molecular weight is 257 g/mol. The molecule has 0 amide bonds. The molecule has 94 valence electrons. The summed E-state index contributed by atoms with van der Waals surface area (Å²) < 4.78 is 10.4. The fourth-order valence-electron chi connectivity index (χ4n) is 1.68. The molecule has 0 saturated carbocycles. The van der Waals surface area contributed by atoms with E-state index in [1.807, 2.05) is 25.1 Å². The van der Waals surface area contributed by atoms with Crippen LogP contribution in [-0.2, 0) is 11.2 Å². The van der Waals surface area contributed by atoms with Crippen LogP contribution < -0.4 is 9.47 Å². The van der Waals surface area contributed by atoms with E-state index in [4.69, 9.17) is 21.1 Å². The Labute approximate surface area is 107 Å². The van der Waals surface area contributed by atoms with Crippen molar-refractivity contribution in [2.75, 3.05) is 14.2 Å². The third-order valence-corrected chi connectivity index (χ3v) is 3.05. The predicted octanol–water partition coefficient (Wildman–Crippen LogP) is 3.04. The largest absolute Gasteiger partial charge is 0.493 e. The number of hydrogen-bond acceptors (Lipinski definition) is 3. The molecule has 17 heavy (non-hydrogen) atoms. The van der Waals surface area contributed by atoms with Crippen LogP contribution in [0.2, 0.25) is 0 Å². The van der Waals surface area contributed by atoms with Crippen molar-refractivity contribution in [1.82, 2.24) is 0 Å².